The number of carbonyl (C=O) groups excluding carboxylic acids is 1. The van der Waals surface area contributed by atoms with Crippen molar-refractivity contribution in [3.63, 3.8) is 0 Å². The third kappa shape index (κ3) is 5.67. The van der Waals surface area contributed by atoms with Gasteiger partial charge in [0.2, 0.25) is 5.91 Å². The summed E-state index contributed by atoms with van der Waals surface area (Å²) in [4.78, 5) is 22.4. The van der Waals surface area contributed by atoms with Gasteiger partial charge in [0.1, 0.15) is 17.6 Å². The van der Waals surface area contributed by atoms with Crippen LogP contribution in [0.3, 0.4) is 0 Å². The van der Waals surface area contributed by atoms with Gasteiger partial charge in [-0.05, 0) is 45.3 Å². The van der Waals surface area contributed by atoms with E-state index >= 15 is 0 Å². The lowest BCUT2D eigenvalue weighted by Crippen LogP contribution is -2.26. The van der Waals surface area contributed by atoms with Crippen LogP contribution in [0.25, 0.3) is 0 Å². The van der Waals surface area contributed by atoms with E-state index in [2.05, 4.69) is 31.4 Å². The first kappa shape index (κ1) is 20.1. The Morgan fingerprint density at radius 3 is 2.79 bits per heavy atom. The minimum absolute atomic E-state index is 0.253. The van der Waals surface area contributed by atoms with Gasteiger partial charge in [0, 0.05) is 0 Å². The molecule has 1 fully saturated rings. The maximum atomic E-state index is 11.7. The van der Waals surface area contributed by atoms with E-state index in [4.69, 9.17) is 9.84 Å². The standard InChI is InChI=1S/C19H16BrN3O4S/c20-14-8-13(6-7-15(14)27-11-12-4-2-1-3-5-12)10-21-23-19-22-18(26)16(28-19)9-17(24)25/h1-8,10,16H,9,11H2,(H,24,25)(H,22,23,26)/b21-10-/t16-/m1/s1. The number of amides is 1. The molecule has 9 heteroatoms. The maximum absolute atomic E-state index is 11.7. The fourth-order valence-electron chi connectivity index (χ4n) is 2.34. The predicted octanol–water partition coefficient (Wildman–Crippen LogP) is 3.42. The molecule has 1 heterocycles. The first-order valence-electron chi connectivity index (χ1n) is 8.28. The van der Waals surface area contributed by atoms with Crippen molar-refractivity contribution in [3.8, 4) is 5.75 Å². The highest BCUT2D eigenvalue weighted by molar-refractivity contribution is 9.10. The van der Waals surface area contributed by atoms with Gasteiger partial charge in [-0.25, -0.2) is 0 Å². The van der Waals surface area contributed by atoms with Crippen LogP contribution in [0, 0.1) is 0 Å². The van der Waals surface area contributed by atoms with Crippen LogP contribution in [0.2, 0.25) is 0 Å². The Labute approximate surface area is 174 Å². The van der Waals surface area contributed by atoms with Crippen molar-refractivity contribution in [1.29, 1.82) is 0 Å². The summed E-state index contributed by atoms with van der Waals surface area (Å²) in [5.41, 5.74) is 1.87. The second kappa shape index (κ2) is 9.52. The molecular formula is C19H16BrN3O4S. The van der Waals surface area contributed by atoms with Gasteiger partial charge >= 0.3 is 5.97 Å². The molecule has 1 atom stereocenters. The van der Waals surface area contributed by atoms with E-state index in [-0.39, 0.29) is 17.5 Å². The first-order chi connectivity index (χ1) is 13.5. The Hall–Kier alpha value is -2.65. The summed E-state index contributed by atoms with van der Waals surface area (Å²) < 4.78 is 6.58. The summed E-state index contributed by atoms with van der Waals surface area (Å²) in [6, 6.07) is 15.4. The third-order valence-corrected chi connectivity index (χ3v) is 5.38. The molecule has 0 spiro atoms. The summed E-state index contributed by atoms with van der Waals surface area (Å²) in [6.07, 6.45) is 1.28. The van der Waals surface area contributed by atoms with E-state index in [0.717, 1.165) is 27.4 Å². The number of amidine groups is 1. The van der Waals surface area contributed by atoms with Gasteiger partial charge in [0.15, 0.2) is 5.17 Å². The number of rotatable bonds is 7. The van der Waals surface area contributed by atoms with Crippen LogP contribution in [0.5, 0.6) is 5.75 Å². The number of carboxylic acid groups (broad SMARTS) is 1. The Bertz CT molecular complexity index is 934. The Morgan fingerprint density at radius 1 is 1.29 bits per heavy atom. The van der Waals surface area contributed by atoms with Crippen molar-refractivity contribution in [2.75, 3.05) is 0 Å². The van der Waals surface area contributed by atoms with Crippen molar-refractivity contribution in [2.24, 2.45) is 10.2 Å². The number of nitrogens with zero attached hydrogens (tertiary/aromatic N) is 2. The van der Waals surface area contributed by atoms with Gasteiger partial charge in [0.05, 0.1) is 17.1 Å². The fraction of sp³-hybridized carbons (Fsp3) is 0.158. The molecule has 144 valence electrons. The molecule has 7 nitrogen and oxygen atoms in total. The summed E-state index contributed by atoms with van der Waals surface area (Å²) in [6.45, 7) is 0.467. The number of ether oxygens (including phenoxy) is 1. The summed E-state index contributed by atoms with van der Waals surface area (Å²) >= 11 is 4.54. The normalized spacial score (nSPS) is 17.8. The number of carboxylic acids is 1. The summed E-state index contributed by atoms with van der Waals surface area (Å²) in [5, 5.41) is 18.8. The number of hydrogen-bond donors (Lipinski definition) is 2. The zero-order valence-corrected chi connectivity index (χ0v) is 16.9. The molecule has 2 aromatic rings. The highest BCUT2D eigenvalue weighted by Gasteiger charge is 2.32. The molecule has 0 radical (unpaired) electrons. The number of thioether (sulfide) groups is 1. The number of benzene rings is 2. The van der Waals surface area contributed by atoms with Crippen molar-refractivity contribution in [1.82, 2.24) is 5.32 Å². The van der Waals surface area contributed by atoms with Crippen LogP contribution >= 0.6 is 27.7 Å². The molecule has 0 aromatic heterocycles. The Balaban J connectivity index is 1.58. The van der Waals surface area contributed by atoms with Crippen LogP contribution in [-0.2, 0) is 16.2 Å². The molecule has 0 saturated carbocycles. The van der Waals surface area contributed by atoms with E-state index in [9.17, 15) is 9.59 Å². The highest BCUT2D eigenvalue weighted by Crippen LogP contribution is 2.26. The molecule has 28 heavy (non-hydrogen) atoms. The third-order valence-electron chi connectivity index (χ3n) is 3.68. The fourth-order valence-corrected chi connectivity index (χ4v) is 3.77. The predicted molar refractivity (Wildman–Crippen MR) is 112 cm³/mol. The SMILES string of the molecule is O=C(O)C[C@H]1S/C(=N\N=C/c2ccc(OCc3ccccc3)c(Br)c2)NC1=O. The molecule has 2 aromatic carbocycles. The van der Waals surface area contributed by atoms with Crippen LogP contribution in [0.1, 0.15) is 17.5 Å². The minimum Gasteiger partial charge on any atom is -0.488 e. The molecule has 1 aliphatic heterocycles. The zero-order chi connectivity index (χ0) is 19.9. The molecule has 0 unspecified atom stereocenters. The topological polar surface area (TPSA) is 100 Å². The van der Waals surface area contributed by atoms with E-state index in [1.807, 2.05) is 48.5 Å². The van der Waals surface area contributed by atoms with Gasteiger partial charge in [-0.3, -0.25) is 9.59 Å². The van der Waals surface area contributed by atoms with E-state index in [1.54, 1.807) is 0 Å². The van der Waals surface area contributed by atoms with Crippen molar-refractivity contribution >= 4 is 51.0 Å². The van der Waals surface area contributed by atoms with Gasteiger partial charge in [-0.1, -0.05) is 42.1 Å². The lowest BCUT2D eigenvalue weighted by molar-refractivity contribution is -0.138. The van der Waals surface area contributed by atoms with Gasteiger partial charge in [-0.2, -0.15) is 5.10 Å². The summed E-state index contributed by atoms with van der Waals surface area (Å²) in [7, 11) is 0. The highest BCUT2D eigenvalue weighted by atomic mass is 79.9. The number of halogens is 1. The molecular weight excluding hydrogens is 446 g/mol. The second-order valence-electron chi connectivity index (χ2n) is 5.81. The number of nitrogens with one attached hydrogen (secondary N) is 1. The van der Waals surface area contributed by atoms with Gasteiger partial charge in [0.25, 0.3) is 0 Å². The van der Waals surface area contributed by atoms with Crippen LogP contribution in [0.4, 0.5) is 0 Å². The number of carbonyl (C=O) groups is 2. The van der Waals surface area contributed by atoms with Crippen LogP contribution < -0.4 is 10.1 Å². The molecule has 2 N–H and O–H groups in total. The zero-order valence-electron chi connectivity index (χ0n) is 14.5. The first-order valence-corrected chi connectivity index (χ1v) is 9.95. The molecule has 0 aliphatic carbocycles. The molecule has 1 aliphatic rings. The van der Waals surface area contributed by atoms with Crippen molar-refractivity contribution in [3.05, 3.63) is 64.1 Å². The summed E-state index contributed by atoms with van der Waals surface area (Å²) in [5.74, 6) is -0.691. The van der Waals surface area contributed by atoms with Crippen molar-refractivity contribution < 1.29 is 19.4 Å². The minimum atomic E-state index is -1.03. The Morgan fingerprint density at radius 2 is 2.07 bits per heavy atom. The number of aliphatic carboxylic acids is 1. The van der Waals surface area contributed by atoms with Gasteiger partial charge < -0.3 is 15.2 Å². The average Bonchev–Trinajstić information content (AvgIpc) is 3.00. The largest absolute Gasteiger partial charge is 0.488 e. The smallest absolute Gasteiger partial charge is 0.305 e. The molecule has 0 bridgehead atoms. The van der Waals surface area contributed by atoms with Gasteiger partial charge in [-0.15, -0.1) is 5.10 Å². The van der Waals surface area contributed by atoms with E-state index in [0.29, 0.717) is 12.4 Å². The van der Waals surface area contributed by atoms with Crippen LogP contribution in [0.15, 0.2) is 63.2 Å². The second-order valence-corrected chi connectivity index (χ2v) is 7.85. The van der Waals surface area contributed by atoms with Crippen molar-refractivity contribution in [2.45, 2.75) is 18.3 Å². The molecule has 1 amide bonds. The number of hydrogen-bond acceptors (Lipinski definition) is 6. The molecule has 1 saturated heterocycles. The lowest BCUT2D eigenvalue weighted by atomic mass is 10.2. The van der Waals surface area contributed by atoms with E-state index < -0.39 is 11.2 Å². The Kier molecular flexibility index (Phi) is 6.83. The lowest BCUT2D eigenvalue weighted by Gasteiger charge is -2.08. The monoisotopic (exact) mass is 461 g/mol. The average molecular weight is 462 g/mol. The molecule has 3 rings (SSSR count). The van der Waals surface area contributed by atoms with Crippen LogP contribution in [-0.4, -0.2) is 33.6 Å². The maximum Gasteiger partial charge on any atom is 0.305 e. The van der Waals surface area contributed by atoms with E-state index in [1.165, 1.54) is 6.21 Å². The quantitative estimate of drug-likeness (QED) is 0.485.